The minimum atomic E-state index is -1.02. The van der Waals surface area contributed by atoms with Crippen molar-refractivity contribution in [1.29, 1.82) is 0 Å². The lowest BCUT2D eigenvalue weighted by Crippen LogP contribution is -2.86. The standard InChI is InChI=1S/C9H9N3O2.C6H3ClINO2.B26.B24/c1-2-8-7-5-6(12(13)14)3-4-9(7)11-10-8;7-5-2-1-4(9(10)11)3-6(5)8;1-15(2)22(16(3)4)25(21(13)14)26(23(17(5)6)18(7)8)24(19(9)10)20(11)12;1-14(2)20(13)23(19(11)12)24(21(15(3)4)16(5)6)22(17(7)8)18(9)10/h3-5H,2H2,1H3,(H,10,11);1-3H;;. The summed E-state index contributed by atoms with van der Waals surface area (Å²) in [6.07, 6.45) is -19.6. The summed E-state index contributed by atoms with van der Waals surface area (Å²) in [6.45, 7) is 1.98. The number of nitro groups is 2. The summed E-state index contributed by atoms with van der Waals surface area (Å²) in [7, 11) is 159. The van der Waals surface area contributed by atoms with Crippen molar-refractivity contribution in [2.24, 2.45) is 0 Å². The first-order valence-electron chi connectivity index (χ1n) is 23.0. The molecule has 2 aromatic carbocycles. The highest BCUT2D eigenvalue weighted by atomic mass is 127. The summed E-state index contributed by atoms with van der Waals surface area (Å²) < 4.78 is 0.693. The van der Waals surface area contributed by atoms with E-state index < -0.39 is 157 Å². The zero-order valence-corrected chi connectivity index (χ0v) is 44.7. The summed E-state index contributed by atoms with van der Waals surface area (Å²) in [5, 5.41) is 29.0. The Kier molecular flexibility index (Phi) is 37.0. The maximum Gasteiger partial charge on any atom is 0.270 e. The van der Waals surface area contributed by atoms with E-state index in [4.69, 9.17) is 221 Å². The van der Waals surface area contributed by atoms with Crippen LogP contribution in [0, 0.1) is 23.8 Å². The van der Waals surface area contributed by atoms with Crippen LogP contribution in [0.3, 0.4) is 0 Å². The second-order valence-electron chi connectivity index (χ2n) is 18.1. The molecular weight excluding hydrogens is 1000 g/mol. The molecule has 0 fully saturated rings. The molecule has 60 heteroatoms. The smallest absolute Gasteiger partial charge is 0.270 e. The Bertz CT molecular complexity index is 2040. The van der Waals surface area contributed by atoms with Crippen LogP contribution in [0.25, 0.3) is 10.9 Å². The Hall–Kier alpha value is 0.977. The zero-order chi connectivity index (χ0) is 58.8. The molecule has 1 aromatic heterocycles. The van der Waals surface area contributed by atoms with Crippen molar-refractivity contribution in [2.45, 2.75) is 13.3 Å². The number of aryl methyl sites for hydroxylation is 1. The number of fused-ring (bicyclic) bond motifs is 1. The van der Waals surface area contributed by atoms with Crippen molar-refractivity contribution < 1.29 is 9.85 Å². The lowest BCUT2D eigenvalue weighted by molar-refractivity contribution is -0.385. The number of nitrogens with one attached hydrogen (secondary N) is 1. The van der Waals surface area contributed by atoms with Crippen LogP contribution in [0.4, 0.5) is 11.4 Å². The maximum absolute atomic E-state index is 10.5. The average Bonchev–Trinajstić information content (AvgIpc) is 3.68. The van der Waals surface area contributed by atoms with E-state index in [2.05, 4.69) is 10.2 Å². The summed E-state index contributed by atoms with van der Waals surface area (Å²) in [5.41, 5.74) is 1.88. The van der Waals surface area contributed by atoms with Gasteiger partial charge in [-0.25, -0.2) is 0 Å². The van der Waals surface area contributed by atoms with Gasteiger partial charge in [0.1, 0.15) is 0 Å². The van der Waals surface area contributed by atoms with E-state index in [0.717, 1.165) is 23.0 Å². The number of aromatic nitrogens is 2. The number of nitrogens with zero attached hydrogens (tertiary/aromatic N) is 3. The van der Waals surface area contributed by atoms with E-state index in [-0.39, 0.29) is 11.4 Å². The molecule has 3 rings (SSSR count). The Morgan fingerprint density at radius 2 is 0.747 bits per heavy atom. The fourth-order valence-electron chi connectivity index (χ4n) is 9.22. The minimum Gasteiger partial charge on any atom is -0.281 e. The number of hydrogen-bond acceptors (Lipinski definition) is 5. The minimum absolute atomic E-state index is 0.0683. The first-order chi connectivity index (χ1) is 34.4. The average molecular weight is 1020 g/mol. The van der Waals surface area contributed by atoms with E-state index in [1.54, 1.807) is 12.1 Å². The lowest BCUT2D eigenvalue weighted by atomic mass is 8.34. The summed E-state index contributed by atoms with van der Waals surface area (Å²) in [4.78, 5) is 19.9. The molecule has 0 aliphatic rings. The molecular formula is C15H12B50ClIN4O4. The second kappa shape index (κ2) is 36.5. The number of non-ortho nitro benzene ring substituents is 2. The third kappa shape index (κ3) is 23.6. The van der Waals surface area contributed by atoms with Crippen LogP contribution in [-0.4, -0.2) is 376 Å². The highest BCUT2D eigenvalue weighted by molar-refractivity contribution is 14.1. The van der Waals surface area contributed by atoms with Gasteiger partial charge in [-0.15, -0.1) is 0 Å². The Morgan fingerprint density at radius 1 is 0.453 bits per heavy atom. The van der Waals surface area contributed by atoms with Gasteiger partial charge in [-0.3, -0.25) is 25.3 Å². The molecule has 1 heterocycles. The molecule has 54 radical (unpaired) electrons. The maximum atomic E-state index is 10.5. The number of nitro benzene ring substituents is 2. The molecule has 0 atom stereocenters. The summed E-state index contributed by atoms with van der Waals surface area (Å²) >= 11 is 7.60. The molecule has 0 saturated carbocycles. The first-order valence-corrected chi connectivity index (χ1v) is 24.5. The van der Waals surface area contributed by atoms with Crippen LogP contribution in [0.5, 0.6) is 0 Å². The molecule has 0 bridgehead atoms. The highest BCUT2D eigenvalue weighted by Crippen LogP contribution is 2.24. The van der Waals surface area contributed by atoms with Crippen LogP contribution in [0.15, 0.2) is 36.4 Å². The molecule has 1 N–H and O–H groups in total. The van der Waals surface area contributed by atoms with Crippen LogP contribution < -0.4 is 0 Å². The predicted molar refractivity (Wildman–Crippen MR) is 391 cm³/mol. The van der Waals surface area contributed by atoms with Gasteiger partial charge in [0.15, 0.2) is 0 Å². The number of hydrogen-bond donors (Lipinski definition) is 1. The van der Waals surface area contributed by atoms with Gasteiger partial charge in [0.2, 0.25) is 0 Å². The van der Waals surface area contributed by atoms with E-state index in [1.165, 1.54) is 24.3 Å². The quantitative estimate of drug-likeness (QED) is 0.0415. The third-order valence-electron chi connectivity index (χ3n) is 12.6. The van der Waals surface area contributed by atoms with E-state index in [1.807, 2.05) is 29.5 Å². The highest BCUT2D eigenvalue weighted by Gasteiger charge is 2.50. The fraction of sp³-hybridized carbons (Fsp3) is 0.133. The van der Waals surface area contributed by atoms with Gasteiger partial charge in [-0.1, -0.05) is 18.5 Å². The van der Waals surface area contributed by atoms with Crippen LogP contribution >= 0.6 is 34.2 Å². The predicted octanol–water partition coefficient (Wildman–Crippen LogP) is -14.2. The topological polar surface area (TPSA) is 115 Å². The van der Waals surface area contributed by atoms with Gasteiger partial charge < -0.3 is 0 Å². The molecule has 0 spiro atoms. The zero-order valence-electron chi connectivity index (χ0n) is 41.8. The summed E-state index contributed by atoms with van der Waals surface area (Å²) in [6, 6.07) is 9.00. The van der Waals surface area contributed by atoms with Crippen LogP contribution in [0.2, 0.25) is 5.02 Å². The molecule has 75 heavy (non-hydrogen) atoms. The van der Waals surface area contributed by atoms with Crippen molar-refractivity contribution in [2.75, 3.05) is 0 Å². The number of aromatic amines is 1. The Morgan fingerprint density at radius 3 is 1.03 bits per heavy atom. The number of benzene rings is 2. The third-order valence-corrected chi connectivity index (χ3v) is 14.2. The monoisotopic (exact) mass is 1020 g/mol. The number of rotatable bonds is 24. The van der Waals surface area contributed by atoms with Crippen LogP contribution in [-0.2, 0) is 6.42 Å². The molecule has 0 aliphatic heterocycles. The van der Waals surface area contributed by atoms with Crippen molar-refractivity contribution in [3.63, 3.8) is 0 Å². The Labute approximate surface area is 511 Å². The van der Waals surface area contributed by atoms with Crippen molar-refractivity contribution in [3.8, 4) is 0 Å². The number of halogens is 2. The lowest BCUT2D eigenvalue weighted by Gasteiger charge is -2.48. The van der Waals surface area contributed by atoms with Gasteiger partial charge >= 0.3 is 0 Å². The molecule has 0 aliphatic carbocycles. The van der Waals surface area contributed by atoms with Crippen molar-refractivity contribution in [3.05, 3.63) is 70.9 Å². The molecule has 8 nitrogen and oxygen atoms in total. The second-order valence-corrected chi connectivity index (χ2v) is 19.7. The molecule has 0 amide bonds. The van der Waals surface area contributed by atoms with Gasteiger partial charge in [0.05, 0.1) is 20.4 Å². The molecule has 280 valence electrons. The SMILES string of the molecule is CCc1[nH]nc2ccc([N+](=O)[O-])cc12.O=[N+]([O-])c1ccc(Cl)c(I)c1.[B]B([B])B(B([B])[B])B(B([B])[B])B(B(B([B])[B])B([B])[B])B(B([B])[B])B([B])[B].[B]B([B])B([B])B(B([B])[B])B(B(B([B])[B])B([B])[B])B(B([B])[B])B([B])[B]. The largest absolute Gasteiger partial charge is 0.281 e. The summed E-state index contributed by atoms with van der Waals surface area (Å²) in [5.74, 6) is 0. The number of H-pyrrole nitrogens is 1. The van der Waals surface area contributed by atoms with Crippen molar-refractivity contribution >= 4 is 412 Å². The van der Waals surface area contributed by atoms with Crippen molar-refractivity contribution in [1.82, 2.24) is 10.2 Å². The Balaban J connectivity index is 0.00000102. The van der Waals surface area contributed by atoms with Gasteiger partial charge in [0, 0.05) is 395 Å². The van der Waals surface area contributed by atoms with Crippen LogP contribution in [0.1, 0.15) is 12.6 Å². The van der Waals surface area contributed by atoms with Gasteiger partial charge in [0.25, 0.3) is 11.4 Å². The first kappa shape index (κ1) is 76.0. The van der Waals surface area contributed by atoms with E-state index in [9.17, 15) is 20.2 Å². The van der Waals surface area contributed by atoms with Gasteiger partial charge in [-0.05, 0) is 41.1 Å². The fourth-order valence-corrected chi connectivity index (χ4v) is 9.83. The normalized spacial score (nSPS) is 9.64. The molecule has 3 aromatic rings. The van der Waals surface area contributed by atoms with E-state index >= 15 is 0 Å². The molecule has 0 unspecified atom stereocenters. The molecule has 0 saturated heterocycles. The van der Waals surface area contributed by atoms with E-state index in [0.29, 0.717) is 8.59 Å². The van der Waals surface area contributed by atoms with Gasteiger partial charge in [-0.2, -0.15) is 5.10 Å².